The van der Waals surface area contributed by atoms with Crippen molar-refractivity contribution in [2.75, 3.05) is 19.0 Å². The van der Waals surface area contributed by atoms with Crippen LogP contribution in [0.2, 0.25) is 0 Å². The Bertz CT molecular complexity index is 806. The quantitative estimate of drug-likeness (QED) is 0.649. The van der Waals surface area contributed by atoms with Gasteiger partial charge in [0.25, 0.3) is 0 Å². The smallest absolute Gasteiger partial charge is 0.226 e. The molecule has 3 aromatic rings. The van der Waals surface area contributed by atoms with E-state index in [0.29, 0.717) is 5.89 Å². The molecule has 0 aliphatic rings. The number of rotatable bonds is 3. The van der Waals surface area contributed by atoms with Crippen LogP contribution in [-0.2, 0) is 5.41 Å². The Hall–Kier alpha value is -2.55. The minimum Gasteiger partial charge on any atom is -0.436 e. The first-order chi connectivity index (χ1) is 11.3. The van der Waals surface area contributed by atoms with Crippen molar-refractivity contribution < 1.29 is 4.42 Å². The van der Waals surface area contributed by atoms with E-state index in [1.54, 1.807) is 6.20 Å². The Morgan fingerprint density at radius 2 is 1.42 bits per heavy atom. The molecule has 0 spiro atoms. The van der Waals surface area contributed by atoms with Gasteiger partial charge in [-0.25, -0.2) is 4.98 Å². The number of hydrogen-bond acceptors (Lipinski definition) is 3. The van der Waals surface area contributed by atoms with Crippen molar-refractivity contribution in [3.05, 3.63) is 60.3 Å². The Labute approximate surface area is 144 Å². The summed E-state index contributed by atoms with van der Waals surface area (Å²) in [6.07, 6.45) is 1.79. The highest BCUT2D eigenvalue weighted by atomic mass is 16.4. The maximum Gasteiger partial charge on any atom is 0.226 e. The second-order valence-electron chi connectivity index (χ2n) is 7.30. The van der Waals surface area contributed by atoms with Crippen LogP contribution in [0.15, 0.2) is 59.1 Å². The molecule has 1 heterocycles. The molecule has 0 fully saturated rings. The second kappa shape index (κ2) is 6.16. The summed E-state index contributed by atoms with van der Waals surface area (Å²) in [5.41, 5.74) is 4.65. The molecular weight excluding hydrogens is 296 g/mol. The largest absolute Gasteiger partial charge is 0.436 e. The van der Waals surface area contributed by atoms with E-state index in [0.717, 1.165) is 22.6 Å². The minimum atomic E-state index is 0.147. The van der Waals surface area contributed by atoms with Gasteiger partial charge in [-0.2, -0.15) is 0 Å². The van der Waals surface area contributed by atoms with E-state index in [2.05, 4.69) is 79.2 Å². The van der Waals surface area contributed by atoms with Gasteiger partial charge in [0.15, 0.2) is 5.76 Å². The molecule has 0 aliphatic carbocycles. The van der Waals surface area contributed by atoms with Crippen molar-refractivity contribution in [3.63, 3.8) is 0 Å². The minimum absolute atomic E-state index is 0.147. The van der Waals surface area contributed by atoms with Crippen molar-refractivity contribution in [2.45, 2.75) is 26.2 Å². The van der Waals surface area contributed by atoms with E-state index in [4.69, 9.17) is 4.42 Å². The second-order valence-corrected chi connectivity index (χ2v) is 7.30. The summed E-state index contributed by atoms with van der Waals surface area (Å²) < 4.78 is 5.96. The van der Waals surface area contributed by atoms with Crippen LogP contribution < -0.4 is 4.90 Å². The lowest BCUT2D eigenvalue weighted by atomic mass is 9.87. The fourth-order valence-electron chi connectivity index (χ4n) is 2.58. The molecule has 0 N–H and O–H groups in total. The van der Waals surface area contributed by atoms with Crippen molar-refractivity contribution in [3.8, 4) is 22.8 Å². The summed E-state index contributed by atoms with van der Waals surface area (Å²) in [5, 5.41) is 0. The molecular formula is C21H24N2O. The van der Waals surface area contributed by atoms with Gasteiger partial charge >= 0.3 is 0 Å². The van der Waals surface area contributed by atoms with E-state index in [9.17, 15) is 0 Å². The van der Waals surface area contributed by atoms with Crippen molar-refractivity contribution in [2.24, 2.45) is 0 Å². The number of oxazole rings is 1. The predicted octanol–water partition coefficient (Wildman–Crippen LogP) is 5.37. The van der Waals surface area contributed by atoms with Crippen LogP contribution in [0.4, 0.5) is 5.69 Å². The normalized spacial score (nSPS) is 11.5. The number of benzene rings is 2. The van der Waals surface area contributed by atoms with Crippen LogP contribution in [0.25, 0.3) is 22.8 Å². The molecule has 0 aliphatic heterocycles. The molecule has 0 radical (unpaired) electrons. The molecule has 0 saturated carbocycles. The summed E-state index contributed by atoms with van der Waals surface area (Å²) in [4.78, 5) is 6.51. The van der Waals surface area contributed by atoms with Crippen LogP contribution in [-0.4, -0.2) is 19.1 Å². The average molecular weight is 320 g/mol. The zero-order valence-electron chi connectivity index (χ0n) is 15.0. The molecule has 2 aromatic carbocycles. The monoisotopic (exact) mass is 320 g/mol. The van der Waals surface area contributed by atoms with Crippen LogP contribution in [0.1, 0.15) is 26.3 Å². The van der Waals surface area contributed by atoms with E-state index in [-0.39, 0.29) is 5.41 Å². The first kappa shape index (κ1) is 16.3. The summed E-state index contributed by atoms with van der Waals surface area (Å²) >= 11 is 0. The number of anilines is 1. The number of aromatic nitrogens is 1. The standard InChI is InChI=1S/C21H24N2O/c1-21(2,3)17-10-6-16(7-11-17)20-22-14-19(24-20)15-8-12-18(13-9-15)23(4)5/h6-14H,1-5H3. The SMILES string of the molecule is CN(C)c1ccc(-c2cnc(-c3ccc(C(C)(C)C)cc3)o2)cc1. The van der Waals surface area contributed by atoms with Gasteiger partial charge in [-0.3, -0.25) is 0 Å². The van der Waals surface area contributed by atoms with E-state index < -0.39 is 0 Å². The van der Waals surface area contributed by atoms with Crippen molar-refractivity contribution >= 4 is 5.69 Å². The molecule has 1 aromatic heterocycles. The van der Waals surface area contributed by atoms with Crippen molar-refractivity contribution in [1.29, 1.82) is 0 Å². The fourth-order valence-corrected chi connectivity index (χ4v) is 2.58. The molecule has 0 saturated heterocycles. The molecule has 124 valence electrons. The molecule has 0 unspecified atom stereocenters. The lowest BCUT2D eigenvalue weighted by Crippen LogP contribution is -2.10. The van der Waals surface area contributed by atoms with Crippen LogP contribution in [0.3, 0.4) is 0 Å². The summed E-state index contributed by atoms with van der Waals surface area (Å²) in [6.45, 7) is 6.63. The Balaban J connectivity index is 1.85. The predicted molar refractivity (Wildman–Crippen MR) is 100 cm³/mol. The third kappa shape index (κ3) is 3.35. The summed E-state index contributed by atoms with van der Waals surface area (Å²) in [7, 11) is 4.06. The lowest BCUT2D eigenvalue weighted by molar-refractivity contribution is 0.584. The number of hydrogen-bond donors (Lipinski definition) is 0. The molecule has 24 heavy (non-hydrogen) atoms. The molecule has 0 bridgehead atoms. The highest BCUT2D eigenvalue weighted by Crippen LogP contribution is 2.29. The topological polar surface area (TPSA) is 29.3 Å². The number of nitrogens with zero attached hydrogens (tertiary/aromatic N) is 2. The van der Waals surface area contributed by atoms with Crippen LogP contribution >= 0.6 is 0 Å². The molecule has 0 amide bonds. The summed E-state index contributed by atoms with van der Waals surface area (Å²) in [5.74, 6) is 1.44. The van der Waals surface area contributed by atoms with Gasteiger partial charge in [-0.1, -0.05) is 32.9 Å². The summed E-state index contributed by atoms with van der Waals surface area (Å²) in [6, 6.07) is 16.7. The highest BCUT2D eigenvalue weighted by Gasteiger charge is 2.14. The Kier molecular flexibility index (Phi) is 4.18. The molecule has 3 rings (SSSR count). The third-order valence-electron chi connectivity index (χ3n) is 4.17. The maximum atomic E-state index is 5.96. The van der Waals surface area contributed by atoms with Crippen molar-refractivity contribution in [1.82, 2.24) is 4.98 Å². The van der Waals surface area contributed by atoms with Gasteiger partial charge < -0.3 is 9.32 Å². The fraction of sp³-hybridized carbons (Fsp3) is 0.286. The molecule has 0 atom stereocenters. The van der Waals surface area contributed by atoms with E-state index in [1.165, 1.54) is 5.56 Å². The first-order valence-corrected chi connectivity index (χ1v) is 8.19. The van der Waals surface area contributed by atoms with E-state index >= 15 is 0 Å². The Morgan fingerprint density at radius 1 is 0.833 bits per heavy atom. The van der Waals surface area contributed by atoms with Gasteiger partial charge in [0.1, 0.15) is 0 Å². The molecule has 3 nitrogen and oxygen atoms in total. The average Bonchev–Trinajstić information content (AvgIpc) is 3.04. The van der Waals surface area contributed by atoms with Gasteiger partial charge in [-0.05, 0) is 47.4 Å². The zero-order valence-corrected chi connectivity index (χ0v) is 15.0. The molecule has 3 heteroatoms. The van der Waals surface area contributed by atoms with E-state index in [1.807, 2.05) is 14.1 Å². The van der Waals surface area contributed by atoms with Crippen LogP contribution in [0, 0.1) is 0 Å². The van der Waals surface area contributed by atoms with Gasteiger partial charge in [-0.15, -0.1) is 0 Å². The third-order valence-corrected chi connectivity index (χ3v) is 4.17. The highest BCUT2D eigenvalue weighted by molar-refractivity contribution is 5.64. The van der Waals surface area contributed by atoms with Gasteiger partial charge in [0.2, 0.25) is 5.89 Å². The zero-order chi connectivity index (χ0) is 17.3. The lowest BCUT2D eigenvalue weighted by Gasteiger charge is -2.18. The van der Waals surface area contributed by atoms with Gasteiger partial charge in [0, 0.05) is 30.9 Å². The first-order valence-electron chi connectivity index (χ1n) is 8.19. The van der Waals surface area contributed by atoms with Gasteiger partial charge in [0.05, 0.1) is 6.20 Å². The maximum absolute atomic E-state index is 5.96. The van der Waals surface area contributed by atoms with Crippen LogP contribution in [0.5, 0.6) is 0 Å². The Morgan fingerprint density at radius 3 is 1.96 bits per heavy atom.